The van der Waals surface area contributed by atoms with Crippen LogP contribution in [0.4, 0.5) is 4.39 Å². The fourth-order valence-electron chi connectivity index (χ4n) is 2.77. The minimum atomic E-state index is -0.466. The summed E-state index contributed by atoms with van der Waals surface area (Å²) < 4.78 is 35.1. The zero-order valence-corrected chi connectivity index (χ0v) is 14.9. The van der Waals surface area contributed by atoms with Crippen molar-refractivity contribution in [1.29, 1.82) is 0 Å². The SMILES string of the molecule is COc1ccc(CN(C)C(=O)c2cc(OC)c3c(c2)OCCO3)cc1F. The Bertz CT molecular complexity index is 807. The number of benzene rings is 2. The van der Waals surface area contributed by atoms with Crippen molar-refractivity contribution < 1.29 is 28.1 Å². The van der Waals surface area contributed by atoms with E-state index in [4.69, 9.17) is 18.9 Å². The van der Waals surface area contributed by atoms with Crippen molar-refractivity contribution >= 4 is 5.91 Å². The molecule has 3 rings (SSSR count). The molecule has 1 aliphatic rings. The van der Waals surface area contributed by atoms with E-state index in [9.17, 15) is 9.18 Å². The first-order valence-electron chi connectivity index (χ1n) is 8.09. The van der Waals surface area contributed by atoms with Crippen LogP contribution in [0.1, 0.15) is 15.9 Å². The van der Waals surface area contributed by atoms with E-state index >= 15 is 0 Å². The number of methoxy groups -OCH3 is 2. The summed E-state index contributed by atoms with van der Waals surface area (Å²) in [6.45, 7) is 1.09. The largest absolute Gasteiger partial charge is 0.494 e. The van der Waals surface area contributed by atoms with Crippen molar-refractivity contribution in [2.45, 2.75) is 6.54 Å². The molecule has 0 bridgehead atoms. The zero-order chi connectivity index (χ0) is 18.7. The normalized spacial score (nSPS) is 12.5. The Morgan fingerprint density at radius 3 is 2.54 bits per heavy atom. The molecule has 2 aromatic carbocycles. The molecule has 0 radical (unpaired) electrons. The Hall–Kier alpha value is -2.96. The number of ether oxygens (including phenoxy) is 4. The van der Waals surface area contributed by atoms with E-state index in [0.717, 1.165) is 0 Å². The third-order valence-electron chi connectivity index (χ3n) is 4.06. The van der Waals surface area contributed by atoms with Crippen LogP contribution in [0.5, 0.6) is 23.0 Å². The second kappa shape index (κ2) is 7.51. The Labute approximate surface area is 151 Å². The first kappa shape index (κ1) is 17.8. The van der Waals surface area contributed by atoms with Crippen LogP contribution in [0.15, 0.2) is 30.3 Å². The number of nitrogens with zero attached hydrogens (tertiary/aromatic N) is 1. The first-order valence-corrected chi connectivity index (χ1v) is 8.09. The molecule has 0 spiro atoms. The third kappa shape index (κ3) is 3.51. The van der Waals surface area contributed by atoms with Gasteiger partial charge >= 0.3 is 0 Å². The van der Waals surface area contributed by atoms with E-state index in [1.807, 2.05) is 0 Å². The fourth-order valence-corrected chi connectivity index (χ4v) is 2.77. The summed E-state index contributed by atoms with van der Waals surface area (Å²) in [6.07, 6.45) is 0. The summed E-state index contributed by atoms with van der Waals surface area (Å²) in [7, 11) is 4.56. The molecule has 2 aromatic rings. The molecular weight excluding hydrogens is 341 g/mol. The van der Waals surface area contributed by atoms with Crippen LogP contribution in [0.3, 0.4) is 0 Å². The highest BCUT2D eigenvalue weighted by atomic mass is 19.1. The Morgan fingerprint density at radius 2 is 1.85 bits per heavy atom. The van der Waals surface area contributed by atoms with Gasteiger partial charge in [0, 0.05) is 19.2 Å². The van der Waals surface area contributed by atoms with Crippen molar-refractivity contribution in [3.8, 4) is 23.0 Å². The van der Waals surface area contributed by atoms with Crippen LogP contribution in [-0.4, -0.2) is 45.3 Å². The highest BCUT2D eigenvalue weighted by Crippen LogP contribution is 2.40. The lowest BCUT2D eigenvalue weighted by Gasteiger charge is -2.23. The summed E-state index contributed by atoms with van der Waals surface area (Å²) in [5.41, 5.74) is 1.06. The Kier molecular flexibility index (Phi) is 5.16. The maximum absolute atomic E-state index is 13.8. The molecule has 26 heavy (non-hydrogen) atoms. The molecular formula is C19H20FNO5. The second-order valence-corrected chi connectivity index (χ2v) is 5.83. The number of hydrogen-bond donors (Lipinski definition) is 0. The molecule has 1 amide bonds. The average Bonchev–Trinajstić information content (AvgIpc) is 2.66. The Balaban J connectivity index is 1.81. The van der Waals surface area contributed by atoms with Gasteiger partial charge in [-0.25, -0.2) is 4.39 Å². The van der Waals surface area contributed by atoms with Gasteiger partial charge in [0.15, 0.2) is 23.1 Å². The number of amides is 1. The third-order valence-corrected chi connectivity index (χ3v) is 4.06. The van der Waals surface area contributed by atoms with Crippen molar-refractivity contribution in [3.63, 3.8) is 0 Å². The number of hydrogen-bond acceptors (Lipinski definition) is 5. The maximum atomic E-state index is 13.8. The molecule has 0 fully saturated rings. The minimum absolute atomic E-state index is 0.166. The molecule has 0 unspecified atom stereocenters. The maximum Gasteiger partial charge on any atom is 0.254 e. The number of carbonyl (C=O) groups excluding carboxylic acids is 1. The van der Waals surface area contributed by atoms with Crippen LogP contribution in [-0.2, 0) is 6.54 Å². The molecule has 1 heterocycles. The van der Waals surface area contributed by atoms with E-state index in [-0.39, 0.29) is 18.2 Å². The molecule has 6 nitrogen and oxygen atoms in total. The second-order valence-electron chi connectivity index (χ2n) is 5.83. The highest BCUT2D eigenvalue weighted by molar-refractivity contribution is 5.95. The van der Waals surface area contributed by atoms with Gasteiger partial charge in [0.2, 0.25) is 5.75 Å². The number of halogens is 1. The van der Waals surface area contributed by atoms with Crippen molar-refractivity contribution in [2.75, 3.05) is 34.5 Å². The van der Waals surface area contributed by atoms with Gasteiger partial charge in [-0.2, -0.15) is 0 Å². The fraction of sp³-hybridized carbons (Fsp3) is 0.316. The van der Waals surface area contributed by atoms with Gasteiger partial charge in [-0.3, -0.25) is 4.79 Å². The summed E-state index contributed by atoms with van der Waals surface area (Å²) in [4.78, 5) is 14.3. The molecule has 0 saturated carbocycles. The van der Waals surface area contributed by atoms with Gasteiger partial charge in [0.25, 0.3) is 5.91 Å². The zero-order valence-electron chi connectivity index (χ0n) is 14.9. The molecule has 0 aliphatic carbocycles. The first-order chi connectivity index (χ1) is 12.5. The van der Waals surface area contributed by atoms with Crippen molar-refractivity contribution in [1.82, 2.24) is 4.90 Å². The van der Waals surface area contributed by atoms with Crippen molar-refractivity contribution in [2.24, 2.45) is 0 Å². The number of fused-ring (bicyclic) bond motifs is 1. The predicted octanol–water partition coefficient (Wildman–Crippen LogP) is 2.89. The smallest absolute Gasteiger partial charge is 0.254 e. The molecule has 1 aliphatic heterocycles. The van der Waals surface area contributed by atoms with E-state index in [2.05, 4.69) is 0 Å². The van der Waals surface area contributed by atoms with E-state index < -0.39 is 5.82 Å². The van der Waals surface area contributed by atoms with Gasteiger partial charge in [-0.15, -0.1) is 0 Å². The minimum Gasteiger partial charge on any atom is -0.494 e. The quantitative estimate of drug-likeness (QED) is 0.820. The molecule has 0 saturated heterocycles. The van der Waals surface area contributed by atoms with Crippen LogP contribution in [0.2, 0.25) is 0 Å². The topological polar surface area (TPSA) is 57.2 Å². The molecule has 0 aromatic heterocycles. The van der Waals surface area contributed by atoms with Gasteiger partial charge in [0.05, 0.1) is 14.2 Å². The van der Waals surface area contributed by atoms with Gasteiger partial charge in [0.1, 0.15) is 13.2 Å². The van der Waals surface area contributed by atoms with Crippen LogP contribution in [0, 0.1) is 5.82 Å². The van der Waals surface area contributed by atoms with Gasteiger partial charge in [-0.05, 0) is 29.8 Å². The number of carbonyl (C=O) groups is 1. The molecule has 138 valence electrons. The molecule has 0 atom stereocenters. The average molecular weight is 361 g/mol. The van der Waals surface area contributed by atoms with Crippen LogP contribution < -0.4 is 18.9 Å². The molecule has 0 N–H and O–H groups in total. The van der Waals surface area contributed by atoms with E-state index in [1.165, 1.54) is 31.3 Å². The lowest BCUT2D eigenvalue weighted by Crippen LogP contribution is -2.26. The predicted molar refractivity (Wildman–Crippen MR) is 92.7 cm³/mol. The molecule has 7 heteroatoms. The lowest BCUT2D eigenvalue weighted by atomic mass is 10.1. The summed E-state index contributed by atoms with van der Waals surface area (Å²) in [5, 5.41) is 0. The number of rotatable bonds is 5. The lowest BCUT2D eigenvalue weighted by molar-refractivity contribution is 0.0783. The highest BCUT2D eigenvalue weighted by Gasteiger charge is 2.22. The Morgan fingerprint density at radius 1 is 1.12 bits per heavy atom. The summed E-state index contributed by atoms with van der Waals surface area (Å²) in [5.74, 6) is 0.870. The van der Waals surface area contributed by atoms with Crippen LogP contribution in [0.25, 0.3) is 0 Å². The summed E-state index contributed by atoms with van der Waals surface area (Å²) >= 11 is 0. The van der Waals surface area contributed by atoms with E-state index in [1.54, 1.807) is 25.2 Å². The summed E-state index contributed by atoms with van der Waals surface area (Å²) in [6, 6.07) is 7.85. The van der Waals surface area contributed by atoms with E-state index in [0.29, 0.717) is 41.6 Å². The monoisotopic (exact) mass is 361 g/mol. The standard InChI is InChI=1S/C19H20FNO5/c1-21(11-12-4-5-15(23-2)14(20)8-12)19(22)13-9-16(24-3)18-17(10-13)25-6-7-26-18/h4-5,8-10H,6-7,11H2,1-3H3. The van der Waals surface area contributed by atoms with Crippen LogP contribution >= 0.6 is 0 Å². The van der Waals surface area contributed by atoms with Crippen molar-refractivity contribution in [3.05, 3.63) is 47.3 Å². The van der Waals surface area contributed by atoms with Gasteiger partial charge in [-0.1, -0.05) is 6.07 Å². The van der Waals surface area contributed by atoms with Gasteiger partial charge < -0.3 is 23.8 Å².